The average Bonchev–Trinajstić information content (AvgIpc) is 3.24. The molecule has 0 radical (unpaired) electrons. The summed E-state index contributed by atoms with van der Waals surface area (Å²) in [6.07, 6.45) is -0.397. The highest BCUT2D eigenvalue weighted by atomic mass is 16.5. The van der Waals surface area contributed by atoms with Crippen LogP contribution in [0.2, 0.25) is 0 Å². The Bertz CT molecular complexity index is 706. The first-order chi connectivity index (χ1) is 11.5. The smallest absolute Gasteiger partial charge is 0.274 e. The molecule has 0 bridgehead atoms. The number of rotatable bonds is 4. The summed E-state index contributed by atoms with van der Waals surface area (Å²) in [6.45, 7) is 9.39. The summed E-state index contributed by atoms with van der Waals surface area (Å²) >= 11 is 0. The lowest BCUT2D eigenvalue weighted by molar-refractivity contribution is -0.0352. The molecular formula is C16H23N5O3. The van der Waals surface area contributed by atoms with Crippen LogP contribution in [0.1, 0.15) is 73.6 Å². The van der Waals surface area contributed by atoms with Crippen LogP contribution in [0.3, 0.4) is 0 Å². The zero-order chi connectivity index (χ0) is 17.3. The Hall–Kier alpha value is -2.22. The zero-order valence-corrected chi connectivity index (χ0v) is 14.4. The summed E-state index contributed by atoms with van der Waals surface area (Å²) in [7, 11) is 0. The average molecular weight is 333 g/mol. The molecule has 0 aromatic carbocycles. The van der Waals surface area contributed by atoms with E-state index in [1.165, 1.54) is 0 Å². The molecule has 1 atom stereocenters. The molecule has 0 saturated carbocycles. The minimum absolute atomic E-state index is 0.116. The number of carbonyl (C=O) groups excluding carboxylic acids is 1. The van der Waals surface area contributed by atoms with E-state index in [0.29, 0.717) is 43.1 Å². The molecule has 1 aliphatic heterocycles. The van der Waals surface area contributed by atoms with Gasteiger partial charge in [0.15, 0.2) is 6.10 Å². The third kappa shape index (κ3) is 3.33. The minimum Gasteiger partial charge on any atom is -0.422 e. The number of aromatic amines is 1. The zero-order valence-electron chi connectivity index (χ0n) is 14.4. The molecule has 3 rings (SSSR count). The molecule has 8 nitrogen and oxygen atoms in total. The number of morpholine rings is 1. The maximum absolute atomic E-state index is 12.6. The molecule has 8 heteroatoms. The predicted octanol–water partition coefficient (Wildman–Crippen LogP) is 2.25. The van der Waals surface area contributed by atoms with E-state index in [-0.39, 0.29) is 11.8 Å². The molecular weight excluding hydrogens is 310 g/mol. The van der Waals surface area contributed by atoms with E-state index in [0.717, 1.165) is 5.69 Å². The van der Waals surface area contributed by atoms with Crippen molar-refractivity contribution >= 4 is 5.91 Å². The van der Waals surface area contributed by atoms with Crippen molar-refractivity contribution in [2.24, 2.45) is 0 Å². The maximum atomic E-state index is 12.6. The van der Waals surface area contributed by atoms with Crippen molar-refractivity contribution in [1.82, 2.24) is 25.3 Å². The molecule has 0 aliphatic carbocycles. The van der Waals surface area contributed by atoms with Gasteiger partial charge < -0.3 is 14.1 Å². The van der Waals surface area contributed by atoms with Gasteiger partial charge >= 0.3 is 0 Å². The first-order valence-electron chi connectivity index (χ1n) is 8.25. The molecule has 1 saturated heterocycles. The summed E-state index contributed by atoms with van der Waals surface area (Å²) in [5, 5.41) is 15.1. The van der Waals surface area contributed by atoms with Gasteiger partial charge in [-0.1, -0.05) is 27.7 Å². The molecule has 0 spiro atoms. The number of nitrogens with one attached hydrogen (secondary N) is 1. The molecule has 2 aromatic heterocycles. The van der Waals surface area contributed by atoms with Gasteiger partial charge in [0.1, 0.15) is 5.69 Å². The number of aromatic nitrogens is 4. The Morgan fingerprint density at radius 1 is 1.29 bits per heavy atom. The van der Waals surface area contributed by atoms with E-state index >= 15 is 0 Å². The second-order valence-corrected chi connectivity index (χ2v) is 6.61. The SMILES string of the molecule is CC(C)c1cc(C(=O)N2CCO[C@@H](c3nnc(C(C)C)o3)C2)n[nH]1. The van der Waals surface area contributed by atoms with Crippen molar-refractivity contribution in [3.63, 3.8) is 0 Å². The Morgan fingerprint density at radius 2 is 2.08 bits per heavy atom. The fourth-order valence-corrected chi connectivity index (χ4v) is 2.50. The van der Waals surface area contributed by atoms with Crippen molar-refractivity contribution in [2.45, 2.75) is 45.6 Å². The number of nitrogens with zero attached hydrogens (tertiary/aromatic N) is 4. The number of carbonyl (C=O) groups is 1. The molecule has 2 aromatic rings. The molecule has 24 heavy (non-hydrogen) atoms. The number of hydrogen-bond acceptors (Lipinski definition) is 6. The maximum Gasteiger partial charge on any atom is 0.274 e. The van der Waals surface area contributed by atoms with Gasteiger partial charge in [-0.25, -0.2) is 0 Å². The molecule has 1 aliphatic rings. The Morgan fingerprint density at radius 3 is 2.71 bits per heavy atom. The number of H-pyrrole nitrogens is 1. The fraction of sp³-hybridized carbons (Fsp3) is 0.625. The largest absolute Gasteiger partial charge is 0.422 e. The van der Waals surface area contributed by atoms with Crippen molar-refractivity contribution in [3.05, 3.63) is 29.2 Å². The molecule has 130 valence electrons. The van der Waals surface area contributed by atoms with Crippen LogP contribution in [0.5, 0.6) is 0 Å². The monoisotopic (exact) mass is 333 g/mol. The normalized spacial score (nSPS) is 18.6. The van der Waals surface area contributed by atoms with Crippen LogP contribution in [-0.2, 0) is 4.74 Å². The first-order valence-corrected chi connectivity index (χ1v) is 8.25. The summed E-state index contributed by atoms with van der Waals surface area (Å²) in [5.41, 5.74) is 1.37. The van der Waals surface area contributed by atoms with Crippen molar-refractivity contribution in [1.29, 1.82) is 0 Å². The third-order valence-electron chi connectivity index (χ3n) is 4.02. The molecule has 1 fully saturated rings. The lowest BCUT2D eigenvalue weighted by atomic mass is 10.1. The van der Waals surface area contributed by atoms with Gasteiger partial charge in [-0.05, 0) is 12.0 Å². The van der Waals surface area contributed by atoms with E-state index in [4.69, 9.17) is 9.15 Å². The topological polar surface area (TPSA) is 97.1 Å². The van der Waals surface area contributed by atoms with Gasteiger partial charge in [0.05, 0.1) is 13.2 Å². The molecule has 1 N–H and O–H groups in total. The van der Waals surface area contributed by atoms with E-state index in [1.54, 1.807) is 11.0 Å². The summed E-state index contributed by atoms with van der Waals surface area (Å²) in [6, 6.07) is 1.81. The lowest BCUT2D eigenvalue weighted by Crippen LogP contribution is -2.42. The van der Waals surface area contributed by atoms with Crippen LogP contribution in [0, 0.1) is 0 Å². The van der Waals surface area contributed by atoms with Gasteiger partial charge in [0, 0.05) is 18.2 Å². The van der Waals surface area contributed by atoms with Crippen LogP contribution < -0.4 is 0 Å². The van der Waals surface area contributed by atoms with Crippen LogP contribution in [-0.4, -0.2) is 50.9 Å². The molecule has 3 heterocycles. The summed E-state index contributed by atoms with van der Waals surface area (Å²) in [5.74, 6) is 1.33. The second kappa shape index (κ2) is 6.72. The quantitative estimate of drug-likeness (QED) is 0.921. The van der Waals surface area contributed by atoms with Gasteiger partial charge in [0.2, 0.25) is 11.8 Å². The van der Waals surface area contributed by atoms with Gasteiger partial charge in [-0.3, -0.25) is 9.89 Å². The van der Waals surface area contributed by atoms with Gasteiger partial charge in [0.25, 0.3) is 5.91 Å². The Kier molecular flexibility index (Phi) is 4.66. The standard InChI is InChI=1S/C16H23N5O3/c1-9(2)11-7-12(18-17-11)16(22)21-5-6-23-13(8-21)15-20-19-14(24-15)10(3)4/h7,9-10,13H,5-6,8H2,1-4H3,(H,17,18)/t13-/m1/s1. The highest BCUT2D eigenvalue weighted by Crippen LogP contribution is 2.24. The van der Waals surface area contributed by atoms with Crippen molar-refractivity contribution < 1.29 is 13.9 Å². The molecule has 1 amide bonds. The van der Waals surface area contributed by atoms with E-state index < -0.39 is 6.10 Å². The van der Waals surface area contributed by atoms with Crippen LogP contribution in [0.25, 0.3) is 0 Å². The second-order valence-electron chi connectivity index (χ2n) is 6.61. The van der Waals surface area contributed by atoms with Gasteiger partial charge in [-0.15, -0.1) is 10.2 Å². The predicted molar refractivity (Wildman–Crippen MR) is 85.7 cm³/mol. The van der Waals surface area contributed by atoms with Crippen LogP contribution in [0.4, 0.5) is 0 Å². The number of hydrogen-bond donors (Lipinski definition) is 1. The number of ether oxygens (including phenoxy) is 1. The Balaban J connectivity index is 1.71. The first kappa shape index (κ1) is 16.6. The van der Waals surface area contributed by atoms with Crippen LogP contribution >= 0.6 is 0 Å². The summed E-state index contributed by atoms with van der Waals surface area (Å²) < 4.78 is 11.3. The van der Waals surface area contributed by atoms with E-state index in [1.807, 2.05) is 13.8 Å². The van der Waals surface area contributed by atoms with Gasteiger partial charge in [-0.2, -0.15) is 5.10 Å². The third-order valence-corrected chi connectivity index (χ3v) is 4.02. The molecule has 0 unspecified atom stereocenters. The Labute approximate surface area is 140 Å². The van der Waals surface area contributed by atoms with E-state index in [2.05, 4.69) is 34.2 Å². The minimum atomic E-state index is -0.397. The number of amides is 1. The fourth-order valence-electron chi connectivity index (χ4n) is 2.50. The van der Waals surface area contributed by atoms with Crippen molar-refractivity contribution in [3.8, 4) is 0 Å². The highest BCUT2D eigenvalue weighted by Gasteiger charge is 2.31. The van der Waals surface area contributed by atoms with Crippen LogP contribution in [0.15, 0.2) is 10.5 Å². The lowest BCUT2D eigenvalue weighted by Gasteiger charge is -2.30. The van der Waals surface area contributed by atoms with Crippen molar-refractivity contribution in [2.75, 3.05) is 19.7 Å². The highest BCUT2D eigenvalue weighted by molar-refractivity contribution is 5.92. The van der Waals surface area contributed by atoms with E-state index in [9.17, 15) is 4.79 Å². The summed E-state index contributed by atoms with van der Waals surface area (Å²) in [4.78, 5) is 14.4.